The Morgan fingerprint density at radius 3 is 2.48 bits per heavy atom. The molecule has 2 heterocycles. The van der Waals surface area contributed by atoms with Crippen LogP contribution < -0.4 is 11.1 Å². The molecule has 0 saturated carbocycles. The summed E-state index contributed by atoms with van der Waals surface area (Å²) >= 11 is 0. The van der Waals surface area contributed by atoms with E-state index in [1.165, 1.54) is 17.4 Å². The van der Waals surface area contributed by atoms with Gasteiger partial charge in [-0.15, -0.1) is 24.8 Å². The zero-order chi connectivity index (χ0) is 17.6. The molecule has 1 aromatic heterocycles. The molecule has 0 spiro atoms. The number of furan rings is 1. The van der Waals surface area contributed by atoms with Crippen molar-refractivity contribution in [2.75, 3.05) is 32.8 Å². The van der Waals surface area contributed by atoms with E-state index in [-0.39, 0.29) is 43.3 Å². The summed E-state index contributed by atoms with van der Waals surface area (Å²) < 4.78 is 10.7. The molecule has 27 heavy (non-hydrogen) atoms. The summed E-state index contributed by atoms with van der Waals surface area (Å²) in [5.74, 6) is 0.460. The van der Waals surface area contributed by atoms with Crippen molar-refractivity contribution in [3.8, 4) is 0 Å². The van der Waals surface area contributed by atoms with Gasteiger partial charge < -0.3 is 20.2 Å². The second kappa shape index (κ2) is 11.3. The highest BCUT2D eigenvalue weighted by Crippen LogP contribution is 2.22. The SMILES string of the molecule is Cc1ccc(C(CNC(=O)c2coc(CN)c2)N2CCOCC2)cc1.Cl.Cl. The predicted octanol–water partition coefficient (Wildman–Crippen LogP) is 2.69. The van der Waals surface area contributed by atoms with Crippen molar-refractivity contribution in [3.63, 3.8) is 0 Å². The van der Waals surface area contributed by atoms with Gasteiger partial charge in [-0.1, -0.05) is 29.8 Å². The Balaban J connectivity index is 0.00000182. The van der Waals surface area contributed by atoms with Crippen LogP contribution >= 0.6 is 24.8 Å². The number of aryl methyl sites for hydroxylation is 1. The number of rotatable bonds is 6. The molecular weight excluding hydrogens is 389 g/mol. The molecule has 3 N–H and O–H groups in total. The summed E-state index contributed by atoms with van der Waals surface area (Å²) in [6, 6.07) is 10.3. The Morgan fingerprint density at radius 2 is 1.89 bits per heavy atom. The molecule has 1 aromatic carbocycles. The molecule has 1 fully saturated rings. The number of hydrogen-bond acceptors (Lipinski definition) is 5. The fourth-order valence-electron chi connectivity index (χ4n) is 3.03. The van der Waals surface area contributed by atoms with E-state index in [9.17, 15) is 4.79 Å². The van der Waals surface area contributed by atoms with Crippen LogP contribution in [0.3, 0.4) is 0 Å². The maximum atomic E-state index is 12.4. The molecule has 1 unspecified atom stereocenters. The average molecular weight is 416 g/mol. The Bertz CT molecular complexity index is 700. The number of nitrogens with zero attached hydrogens (tertiary/aromatic N) is 1. The summed E-state index contributed by atoms with van der Waals surface area (Å²) in [5.41, 5.74) is 8.45. The first-order valence-corrected chi connectivity index (χ1v) is 8.61. The van der Waals surface area contributed by atoms with Crippen LogP contribution in [0.1, 0.15) is 33.3 Å². The highest BCUT2D eigenvalue weighted by atomic mass is 35.5. The normalized spacial score (nSPS) is 15.3. The van der Waals surface area contributed by atoms with Crippen molar-refractivity contribution >= 4 is 30.7 Å². The quantitative estimate of drug-likeness (QED) is 0.757. The van der Waals surface area contributed by atoms with E-state index >= 15 is 0 Å². The van der Waals surface area contributed by atoms with E-state index in [4.69, 9.17) is 14.9 Å². The molecule has 8 heteroatoms. The first-order chi connectivity index (χ1) is 12.2. The zero-order valence-corrected chi connectivity index (χ0v) is 17.0. The van der Waals surface area contributed by atoms with E-state index in [0.717, 1.165) is 26.3 Å². The topological polar surface area (TPSA) is 80.7 Å². The molecule has 1 aliphatic heterocycles. The van der Waals surface area contributed by atoms with Crippen LogP contribution in [0.4, 0.5) is 0 Å². The Kier molecular flexibility index (Phi) is 9.83. The largest absolute Gasteiger partial charge is 0.467 e. The van der Waals surface area contributed by atoms with Gasteiger partial charge in [0, 0.05) is 19.6 Å². The smallest absolute Gasteiger partial charge is 0.254 e. The second-order valence-electron chi connectivity index (χ2n) is 6.29. The monoisotopic (exact) mass is 415 g/mol. The van der Waals surface area contributed by atoms with Gasteiger partial charge in [-0.05, 0) is 18.6 Å². The van der Waals surface area contributed by atoms with Crippen LogP contribution in [0.2, 0.25) is 0 Å². The van der Waals surface area contributed by atoms with Crippen LogP contribution in [0, 0.1) is 6.92 Å². The summed E-state index contributed by atoms with van der Waals surface area (Å²) in [4.78, 5) is 14.7. The minimum Gasteiger partial charge on any atom is -0.467 e. The number of benzene rings is 1. The molecule has 0 aliphatic carbocycles. The van der Waals surface area contributed by atoms with Gasteiger partial charge in [-0.2, -0.15) is 0 Å². The summed E-state index contributed by atoms with van der Waals surface area (Å²) in [7, 11) is 0. The summed E-state index contributed by atoms with van der Waals surface area (Å²) in [6.07, 6.45) is 1.45. The van der Waals surface area contributed by atoms with Crippen molar-refractivity contribution < 1.29 is 13.9 Å². The van der Waals surface area contributed by atoms with E-state index in [2.05, 4.69) is 41.4 Å². The van der Waals surface area contributed by atoms with Gasteiger partial charge in [0.2, 0.25) is 0 Å². The van der Waals surface area contributed by atoms with E-state index in [1.54, 1.807) is 6.07 Å². The third-order valence-electron chi connectivity index (χ3n) is 4.52. The van der Waals surface area contributed by atoms with Crippen molar-refractivity contribution in [1.29, 1.82) is 0 Å². The number of nitrogens with two attached hydrogens (primary N) is 1. The molecule has 6 nitrogen and oxygen atoms in total. The first-order valence-electron chi connectivity index (χ1n) is 8.61. The van der Waals surface area contributed by atoms with Gasteiger partial charge in [-0.25, -0.2) is 0 Å². The standard InChI is InChI=1S/C19H25N3O3.2ClH/c1-14-2-4-15(5-3-14)18(22-6-8-24-9-7-22)12-21-19(23)16-10-17(11-20)25-13-16;;/h2-5,10,13,18H,6-9,11-12,20H2,1H3,(H,21,23);2*1H. The fraction of sp³-hybridized carbons (Fsp3) is 0.421. The number of hydrogen-bond donors (Lipinski definition) is 2. The third-order valence-corrected chi connectivity index (χ3v) is 4.52. The minimum atomic E-state index is -0.145. The molecule has 3 rings (SSSR count). The van der Waals surface area contributed by atoms with Crippen molar-refractivity contribution in [2.24, 2.45) is 5.73 Å². The second-order valence-corrected chi connectivity index (χ2v) is 6.29. The van der Waals surface area contributed by atoms with E-state index in [1.807, 2.05) is 0 Å². The van der Waals surface area contributed by atoms with Gasteiger partial charge in [0.1, 0.15) is 12.0 Å². The molecule has 1 atom stereocenters. The number of amides is 1. The van der Waals surface area contributed by atoms with Gasteiger partial charge in [-0.3, -0.25) is 9.69 Å². The van der Waals surface area contributed by atoms with Gasteiger partial charge >= 0.3 is 0 Å². The van der Waals surface area contributed by atoms with E-state index < -0.39 is 0 Å². The van der Waals surface area contributed by atoms with Gasteiger partial charge in [0.25, 0.3) is 5.91 Å². The first kappa shape index (κ1) is 23.5. The number of carbonyl (C=O) groups excluding carboxylic acids is 1. The van der Waals surface area contributed by atoms with Gasteiger partial charge in [0.05, 0.1) is 31.4 Å². The van der Waals surface area contributed by atoms with Crippen LogP contribution in [0.15, 0.2) is 41.0 Å². The molecular formula is C19H27Cl2N3O3. The molecule has 1 aliphatic rings. The summed E-state index contributed by atoms with van der Waals surface area (Å²) in [6.45, 7) is 6.05. The van der Waals surface area contributed by atoms with Gasteiger partial charge in [0.15, 0.2) is 0 Å². The number of ether oxygens (including phenoxy) is 1. The maximum absolute atomic E-state index is 12.4. The lowest BCUT2D eigenvalue weighted by Crippen LogP contribution is -2.43. The van der Waals surface area contributed by atoms with Crippen LogP contribution in [-0.2, 0) is 11.3 Å². The third kappa shape index (κ3) is 6.23. The Morgan fingerprint density at radius 1 is 1.22 bits per heavy atom. The maximum Gasteiger partial charge on any atom is 0.254 e. The molecule has 0 bridgehead atoms. The predicted molar refractivity (Wildman–Crippen MR) is 110 cm³/mol. The Labute approximate surface area is 172 Å². The number of nitrogens with one attached hydrogen (secondary N) is 1. The number of morpholine rings is 1. The zero-order valence-electron chi connectivity index (χ0n) is 15.3. The van der Waals surface area contributed by atoms with Crippen molar-refractivity contribution in [1.82, 2.24) is 10.2 Å². The van der Waals surface area contributed by atoms with Crippen molar-refractivity contribution in [3.05, 3.63) is 59.0 Å². The number of halogens is 2. The van der Waals surface area contributed by atoms with Crippen LogP contribution in [0.25, 0.3) is 0 Å². The highest BCUT2D eigenvalue weighted by Gasteiger charge is 2.23. The van der Waals surface area contributed by atoms with Crippen LogP contribution in [0.5, 0.6) is 0 Å². The molecule has 1 saturated heterocycles. The lowest BCUT2D eigenvalue weighted by molar-refractivity contribution is 0.0162. The molecule has 1 amide bonds. The highest BCUT2D eigenvalue weighted by molar-refractivity contribution is 5.94. The molecule has 150 valence electrons. The summed E-state index contributed by atoms with van der Waals surface area (Å²) in [5, 5.41) is 3.02. The van der Waals surface area contributed by atoms with E-state index in [0.29, 0.717) is 17.9 Å². The molecule has 0 radical (unpaired) electrons. The lowest BCUT2D eigenvalue weighted by atomic mass is 10.0. The molecule has 2 aromatic rings. The lowest BCUT2D eigenvalue weighted by Gasteiger charge is -2.35. The fourth-order valence-corrected chi connectivity index (χ4v) is 3.03. The average Bonchev–Trinajstić information content (AvgIpc) is 3.13. The number of carbonyl (C=O) groups is 1. The Hall–Kier alpha value is -1.57. The van der Waals surface area contributed by atoms with Crippen LogP contribution in [-0.4, -0.2) is 43.7 Å². The minimum absolute atomic E-state index is 0. The van der Waals surface area contributed by atoms with Crippen molar-refractivity contribution in [2.45, 2.75) is 19.5 Å².